The number of ether oxygens (including phenoxy) is 1. The van der Waals surface area contributed by atoms with Crippen LogP contribution in [0.3, 0.4) is 0 Å². The number of alkyl halides is 2. The summed E-state index contributed by atoms with van der Waals surface area (Å²) in [6.45, 7) is 1.84. The van der Waals surface area contributed by atoms with Crippen molar-refractivity contribution in [1.29, 1.82) is 5.41 Å². The van der Waals surface area contributed by atoms with Crippen LogP contribution in [0.25, 0.3) is 16.3 Å². The Hall–Kier alpha value is -3.92. The highest BCUT2D eigenvalue weighted by Gasteiger charge is 2.17. The van der Waals surface area contributed by atoms with E-state index < -0.39 is 17.9 Å². The maximum absolute atomic E-state index is 14.3. The van der Waals surface area contributed by atoms with Crippen LogP contribution < -0.4 is 16.6 Å². The summed E-state index contributed by atoms with van der Waals surface area (Å²) in [5.41, 5.74) is 5.12. The van der Waals surface area contributed by atoms with E-state index in [1.54, 1.807) is 12.1 Å². The molecular formula is C27H27F3N4O3. The van der Waals surface area contributed by atoms with Gasteiger partial charge in [0.25, 0.3) is 17.9 Å². The van der Waals surface area contributed by atoms with Gasteiger partial charge >= 0.3 is 0 Å². The van der Waals surface area contributed by atoms with E-state index in [0.29, 0.717) is 47.6 Å². The molecule has 2 aromatic carbocycles. The molecule has 1 aliphatic heterocycles. The highest BCUT2D eigenvalue weighted by Crippen LogP contribution is 2.22. The lowest BCUT2D eigenvalue weighted by molar-refractivity contribution is 0.0642. The SMILES string of the molecule is N=C/C(=C(\N)C(F)F)c1ccc2c(=O)n(Cc3cc(F)cc(C(=O)NCC4CCOCC4)c3)ccc2c1. The monoisotopic (exact) mass is 512 g/mol. The van der Waals surface area contributed by atoms with E-state index in [4.69, 9.17) is 15.9 Å². The van der Waals surface area contributed by atoms with Crippen molar-refractivity contribution in [2.75, 3.05) is 19.8 Å². The highest BCUT2D eigenvalue weighted by atomic mass is 19.3. The first-order valence-electron chi connectivity index (χ1n) is 11.8. The van der Waals surface area contributed by atoms with E-state index in [-0.39, 0.29) is 29.1 Å². The van der Waals surface area contributed by atoms with Gasteiger partial charge in [-0.2, -0.15) is 0 Å². The van der Waals surface area contributed by atoms with E-state index in [1.807, 2.05) is 0 Å². The second-order valence-electron chi connectivity index (χ2n) is 8.98. The number of amides is 1. The molecule has 1 aliphatic rings. The van der Waals surface area contributed by atoms with E-state index in [0.717, 1.165) is 25.1 Å². The molecule has 1 saturated heterocycles. The van der Waals surface area contributed by atoms with Crippen LogP contribution in [0.4, 0.5) is 13.2 Å². The number of nitrogens with two attached hydrogens (primary N) is 1. The average molecular weight is 513 g/mol. The second kappa shape index (κ2) is 11.4. The summed E-state index contributed by atoms with van der Waals surface area (Å²) in [5, 5.41) is 11.1. The molecule has 0 atom stereocenters. The van der Waals surface area contributed by atoms with Gasteiger partial charge < -0.3 is 25.8 Å². The highest BCUT2D eigenvalue weighted by molar-refractivity contribution is 6.10. The summed E-state index contributed by atoms with van der Waals surface area (Å²) in [7, 11) is 0. The quantitative estimate of drug-likeness (QED) is 0.397. The van der Waals surface area contributed by atoms with Crippen LogP contribution in [0, 0.1) is 17.1 Å². The number of pyridine rings is 1. The summed E-state index contributed by atoms with van der Waals surface area (Å²) >= 11 is 0. The Morgan fingerprint density at radius 1 is 1.16 bits per heavy atom. The summed E-state index contributed by atoms with van der Waals surface area (Å²) in [4.78, 5) is 25.7. The van der Waals surface area contributed by atoms with Crippen molar-refractivity contribution in [3.8, 4) is 0 Å². The van der Waals surface area contributed by atoms with Gasteiger partial charge in [-0.25, -0.2) is 13.2 Å². The van der Waals surface area contributed by atoms with Gasteiger partial charge in [0.2, 0.25) is 0 Å². The lowest BCUT2D eigenvalue weighted by Crippen LogP contribution is -2.32. The number of hydrogen-bond acceptors (Lipinski definition) is 5. The number of nitrogens with one attached hydrogen (secondary N) is 2. The van der Waals surface area contributed by atoms with Gasteiger partial charge in [-0.05, 0) is 71.7 Å². The van der Waals surface area contributed by atoms with Gasteiger partial charge in [0.05, 0.1) is 12.2 Å². The normalized spacial score (nSPS) is 15.0. The zero-order chi connectivity index (χ0) is 26.5. The molecule has 1 amide bonds. The Morgan fingerprint density at radius 3 is 2.62 bits per heavy atom. The Labute approximate surface area is 211 Å². The molecule has 0 radical (unpaired) electrons. The van der Waals surface area contributed by atoms with Crippen LogP contribution >= 0.6 is 0 Å². The second-order valence-corrected chi connectivity index (χ2v) is 8.98. The smallest absolute Gasteiger partial charge is 0.278 e. The molecule has 7 nitrogen and oxygen atoms in total. The Morgan fingerprint density at radius 2 is 1.92 bits per heavy atom. The fourth-order valence-corrected chi connectivity index (χ4v) is 4.39. The summed E-state index contributed by atoms with van der Waals surface area (Å²) < 4.78 is 47.1. The molecular weight excluding hydrogens is 485 g/mol. The summed E-state index contributed by atoms with van der Waals surface area (Å²) in [6, 6.07) is 10.0. The first-order chi connectivity index (χ1) is 17.8. The lowest BCUT2D eigenvalue weighted by atomic mass is 10.0. The molecule has 0 unspecified atom stereocenters. The van der Waals surface area contributed by atoms with Crippen molar-refractivity contribution >= 4 is 28.5 Å². The van der Waals surface area contributed by atoms with Crippen molar-refractivity contribution < 1.29 is 22.7 Å². The molecule has 4 N–H and O–H groups in total. The number of carbonyl (C=O) groups excluding carboxylic acids is 1. The molecule has 1 aromatic heterocycles. The largest absolute Gasteiger partial charge is 0.397 e. The minimum absolute atomic E-state index is 0.0263. The van der Waals surface area contributed by atoms with Gasteiger partial charge in [0, 0.05) is 48.7 Å². The van der Waals surface area contributed by atoms with E-state index >= 15 is 0 Å². The summed E-state index contributed by atoms with van der Waals surface area (Å²) in [5.74, 6) is -0.654. The lowest BCUT2D eigenvalue weighted by Gasteiger charge is -2.22. The Kier molecular flexibility index (Phi) is 8.08. The number of nitrogens with zero attached hydrogens (tertiary/aromatic N) is 1. The van der Waals surface area contributed by atoms with Gasteiger partial charge in [-0.15, -0.1) is 0 Å². The fourth-order valence-electron chi connectivity index (χ4n) is 4.39. The first kappa shape index (κ1) is 26.2. The number of fused-ring (bicyclic) bond motifs is 1. The molecule has 1 fully saturated rings. The number of hydrogen-bond donors (Lipinski definition) is 3. The molecule has 0 aliphatic carbocycles. The number of halogens is 3. The van der Waals surface area contributed by atoms with E-state index in [9.17, 15) is 22.8 Å². The van der Waals surface area contributed by atoms with Crippen molar-refractivity contribution in [3.05, 3.63) is 87.2 Å². The third-order valence-corrected chi connectivity index (χ3v) is 6.44. The molecule has 0 saturated carbocycles. The molecule has 37 heavy (non-hydrogen) atoms. The molecule has 2 heterocycles. The zero-order valence-corrected chi connectivity index (χ0v) is 20.0. The standard InChI is InChI=1S/C27H27F3N4O3/c28-21-10-17(9-20(12-21)26(35)33-14-16-4-7-37-8-5-16)15-34-6-3-19-11-18(1-2-22(19)27(34)36)23(13-31)24(32)25(29)30/h1-3,6,9-13,16,25,31H,4-5,7-8,14-15,32H2,(H,33,35)/b24-23+,31-13?. The van der Waals surface area contributed by atoms with Gasteiger partial charge in [0.1, 0.15) is 5.82 Å². The van der Waals surface area contributed by atoms with E-state index in [2.05, 4.69) is 5.32 Å². The topological polar surface area (TPSA) is 110 Å². The van der Waals surface area contributed by atoms with Gasteiger partial charge in [-0.3, -0.25) is 9.59 Å². The predicted octanol–water partition coefficient (Wildman–Crippen LogP) is 3.93. The van der Waals surface area contributed by atoms with Gasteiger partial charge in [-0.1, -0.05) is 6.07 Å². The molecule has 194 valence electrons. The third-order valence-electron chi connectivity index (χ3n) is 6.44. The molecule has 4 rings (SSSR count). The molecule has 3 aromatic rings. The summed E-state index contributed by atoms with van der Waals surface area (Å²) in [6.07, 6.45) is 1.07. The van der Waals surface area contributed by atoms with Crippen LogP contribution in [0.5, 0.6) is 0 Å². The third kappa shape index (κ3) is 6.08. The molecule has 10 heteroatoms. The number of benzene rings is 2. The van der Waals surface area contributed by atoms with Crippen molar-refractivity contribution in [1.82, 2.24) is 9.88 Å². The van der Waals surface area contributed by atoms with Crippen molar-refractivity contribution in [3.63, 3.8) is 0 Å². The van der Waals surface area contributed by atoms with Crippen LogP contribution in [0.1, 0.15) is 34.3 Å². The van der Waals surface area contributed by atoms with E-state index in [1.165, 1.54) is 35.0 Å². The van der Waals surface area contributed by atoms with Crippen LogP contribution in [-0.2, 0) is 11.3 Å². The average Bonchev–Trinajstić information content (AvgIpc) is 2.89. The number of carbonyl (C=O) groups is 1. The zero-order valence-electron chi connectivity index (χ0n) is 20.0. The minimum atomic E-state index is -2.92. The van der Waals surface area contributed by atoms with Crippen LogP contribution in [0.15, 0.2) is 59.2 Å². The maximum atomic E-state index is 14.3. The fraction of sp³-hybridized carbons (Fsp3) is 0.296. The van der Waals surface area contributed by atoms with Crippen LogP contribution in [0.2, 0.25) is 0 Å². The van der Waals surface area contributed by atoms with Gasteiger partial charge in [0.15, 0.2) is 0 Å². The number of allylic oxidation sites excluding steroid dienone is 2. The number of rotatable bonds is 8. The van der Waals surface area contributed by atoms with Crippen molar-refractivity contribution in [2.45, 2.75) is 25.8 Å². The predicted molar refractivity (Wildman–Crippen MR) is 135 cm³/mol. The first-order valence-corrected chi connectivity index (χ1v) is 11.8. The Balaban J connectivity index is 1.56. The molecule has 0 bridgehead atoms. The maximum Gasteiger partial charge on any atom is 0.278 e. The Bertz CT molecular complexity index is 1410. The van der Waals surface area contributed by atoms with Crippen molar-refractivity contribution in [2.24, 2.45) is 11.7 Å². The van der Waals surface area contributed by atoms with Crippen LogP contribution in [-0.4, -0.2) is 42.9 Å². The number of aromatic nitrogens is 1. The minimum Gasteiger partial charge on any atom is -0.397 e. The molecule has 0 spiro atoms.